The van der Waals surface area contributed by atoms with Crippen LogP contribution in [-0.4, -0.2) is 18.7 Å². The van der Waals surface area contributed by atoms with Gasteiger partial charge in [0.1, 0.15) is 12.7 Å². The molecule has 1 aliphatic rings. The Bertz CT molecular complexity index is 520. The Morgan fingerprint density at radius 2 is 2.00 bits per heavy atom. The summed E-state index contributed by atoms with van der Waals surface area (Å²) in [6.45, 7) is 0.205. The van der Waals surface area contributed by atoms with E-state index in [2.05, 4.69) is 0 Å². The molecule has 0 aliphatic carbocycles. The zero-order chi connectivity index (χ0) is 16.0. The van der Waals surface area contributed by atoms with Crippen molar-refractivity contribution in [2.24, 2.45) is 0 Å². The van der Waals surface area contributed by atoms with Gasteiger partial charge in [0.2, 0.25) is 0 Å². The summed E-state index contributed by atoms with van der Waals surface area (Å²) in [5.41, 5.74) is -0.0249. The van der Waals surface area contributed by atoms with E-state index in [0.717, 1.165) is 25.0 Å². The van der Waals surface area contributed by atoms with E-state index in [9.17, 15) is 18.0 Å². The molecule has 1 atom stereocenters. The molecule has 1 unspecified atom stereocenters. The molecule has 0 radical (unpaired) electrons. The quantitative estimate of drug-likeness (QED) is 0.774. The highest BCUT2D eigenvalue weighted by Crippen LogP contribution is 2.29. The van der Waals surface area contributed by atoms with Crippen molar-refractivity contribution in [3.8, 4) is 0 Å². The molecular formula is C16H17F3O3. The average Bonchev–Trinajstić information content (AvgIpc) is 2.51. The van der Waals surface area contributed by atoms with Crippen molar-refractivity contribution in [1.82, 2.24) is 0 Å². The fourth-order valence-corrected chi connectivity index (χ4v) is 2.07. The number of hydrogen-bond donors (Lipinski definition) is 0. The van der Waals surface area contributed by atoms with Crippen molar-refractivity contribution in [3.63, 3.8) is 0 Å². The van der Waals surface area contributed by atoms with Crippen LogP contribution in [0.2, 0.25) is 0 Å². The number of hydrogen-bond acceptors (Lipinski definition) is 3. The van der Waals surface area contributed by atoms with E-state index in [1.54, 1.807) is 6.26 Å². The lowest BCUT2D eigenvalue weighted by molar-refractivity contribution is -0.147. The van der Waals surface area contributed by atoms with Crippen LogP contribution in [0.3, 0.4) is 0 Å². The van der Waals surface area contributed by atoms with Gasteiger partial charge in [0.25, 0.3) is 0 Å². The van der Waals surface area contributed by atoms with Gasteiger partial charge in [0.15, 0.2) is 0 Å². The van der Waals surface area contributed by atoms with Crippen molar-refractivity contribution in [2.75, 3.05) is 6.61 Å². The largest absolute Gasteiger partial charge is 0.495 e. The predicted octanol–water partition coefficient (Wildman–Crippen LogP) is 3.87. The molecule has 1 aromatic rings. The average molecular weight is 314 g/mol. The SMILES string of the molecule is O=C(CCc1ccc(C(F)(F)F)cc1)OCC1CCC=CO1. The van der Waals surface area contributed by atoms with Crippen LogP contribution < -0.4 is 0 Å². The van der Waals surface area contributed by atoms with Crippen molar-refractivity contribution in [2.45, 2.75) is 38.0 Å². The zero-order valence-corrected chi connectivity index (χ0v) is 11.9. The minimum atomic E-state index is -4.34. The molecule has 1 heterocycles. The molecular weight excluding hydrogens is 297 g/mol. The summed E-state index contributed by atoms with van der Waals surface area (Å²) in [5, 5.41) is 0. The number of aryl methyl sites for hydroxylation is 1. The van der Waals surface area contributed by atoms with Crippen LogP contribution in [0.1, 0.15) is 30.4 Å². The number of carbonyl (C=O) groups excluding carboxylic acids is 1. The summed E-state index contributed by atoms with van der Waals surface area (Å²) in [6, 6.07) is 4.79. The standard InChI is InChI=1S/C16H17F3O3/c17-16(18,19)13-7-4-12(5-8-13)6-9-15(20)22-11-14-3-1-2-10-21-14/h2,4-5,7-8,10,14H,1,3,6,9,11H2. The molecule has 6 heteroatoms. The maximum atomic E-state index is 12.4. The lowest BCUT2D eigenvalue weighted by Crippen LogP contribution is -2.22. The molecule has 0 aromatic heterocycles. The summed E-state index contributed by atoms with van der Waals surface area (Å²) in [7, 11) is 0. The number of esters is 1. The van der Waals surface area contributed by atoms with Gasteiger partial charge in [-0.25, -0.2) is 0 Å². The number of halogens is 3. The van der Waals surface area contributed by atoms with Crippen molar-refractivity contribution in [1.29, 1.82) is 0 Å². The third-order valence-corrected chi connectivity index (χ3v) is 3.35. The number of allylic oxidation sites excluding steroid dienone is 1. The molecule has 1 aromatic carbocycles. The molecule has 0 amide bonds. The van der Waals surface area contributed by atoms with Crippen LogP contribution in [0.15, 0.2) is 36.6 Å². The van der Waals surface area contributed by atoms with Crippen LogP contribution in [-0.2, 0) is 26.9 Å². The first-order valence-corrected chi connectivity index (χ1v) is 7.07. The Morgan fingerprint density at radius 3 is 2.59 bits per heavy atom. The van der Waals surface area contributed by atoms with Gasteiger partial charge in [-0.3, -0.25) is 4.79 Å². The third-order valence-electron chi connectivity index (χ3n) is 3.35. The number of ether oxygens (including phenoxy) is 2. The molecule has 0 saturated carbocycles. The molecule has 0 fully saturated rings. The van der Waals surface area contributed by atoms with E-state index in [1.165, 1.54) is 12.1 Å². The van der Waals surface area contributed by atoms with Crippen LogP contribution in [0, 0.1) is 0 Å². The van der Waals surface area contributed by atoms with Crippen molar-refractivity contribution >= 4 is 5.97 Å². The van der Waals surface area contributed by atoms with E-state index >= 15 is 0 Å². The number of alkyl halides is 3. The van der Waals surface area contributed by atoms with Crippen LogP contribution >= 0.6 is 0 Å². The lowest BCUT2D eigenvalue weighted by atomic mass is 10.1. The fourth-order valence-electron chi connectivity index (χ4n) is 2.07. The first kappa shape index (κ1) is 16.4. The maximum Gasteiger partial charge on any atom is 0.416 e. The molecule has 2 rings (SSSR count). The highest BCUT2D eigenvalue weighted by atomic mass is 19.4. The van der Waals surface area contributed by atoms with Gasteiger partial charge in [0.05, 0.1) is 11.8 Å². The molecule has 3 nitrogen and oxygen atoms in total. The predicted molar refractivity (Wildman–Crippen MR) is 74.0 cm³/mol. The highest BCUT2D eigenvalue weighted by Gasteiger charge is 2.29. The second-order valence-corrected chi connectivity index (χ2v) is 5.08. The van der Waals surface area contributed by atoms with Crippen LogP contribution in [0.25, 0.3) is 0 Å². The van der Waals surface area contributed by atoms with Crippen molar-refractivity contribution < 1.29 is 27.4 Å². The topological polar surface area (TPSA) is 35.5 Å². The van der Waals surface area contributed by atoms with Gasteiger partial charge in [-0.05, 0) is 43.0 Å². The third kappa shape index (κ3) is 5.09. The number of carbonyl (C=O) groups is 1. The normalized spacial score (nSPS) is 17.9. The second-order valence-electron chi connectivity index (χ2n) is 5.08. The van der Waals surface area contributed by atoms with Gasteiger partial charge >= 0.3 is 12.1 Å². The first-order chi connectivity index (χ1) is 10.4. The first-order valence-electron chi connectivity index (χ1n) is 7.07. The molecule has 0 bridgehead atoms. The number of benzene rings is 1. The van der Waals surface area contributed by atoms with E-state index in [0.29, 0.717) is 12.0 Å². The molecule has 0 saturated heterocycles. The summed E-state index contributed by atoms with van der Waals surface area (Å²) in [4.78, 5) is 11.6. The van der Waals surface area contributed by atoms with E-state index in [4.69, 9.17) is 9.47 Å². The molecule has 22 heavy (non-hydrogen) atoms. The molecule has 120 valence electrons. The van der Waals surface area contributed by atoms with Crippen LogP contribution in [0.5, 0.6) is 0 Å². The molecule has 1 aliphatic heterocycles. The van der Waals surface area contributed by atoms with Gasteiger partial charge in [-0.1, -0.05) is 12.1 Å². The van der Waals surface area contributed by atoms with Gasteiger partial charge in [-0.15, -0.1) is 0 Å². The second kappa shape index (κ2) is 7.33. The van der Waals surface area contributed by atoms with E-state index < -0.39 is 11.7 Å². The monoisotopic (exact) mass is 314 g/mol. The van der Waals surface area contributed by atoms with E-state index in [-0.39, 0.29) is 25.1 Å². The highest BCUT2D eigenvalue weighted by molar-refractivity contribution is 5.69. The van der Waals surface area contributed by atoms with Gasteiger partial charge in [-0.2, -0.15) is 13.2 Å². The Kier molecular flexibility index (Phi) is 5.46. The minimum Gasteiger partial charge on any atom is -0.495 e. The summed E-state index contributed by atoms with van der Waals surface area (Å²) in [6.07, 6.45) is 1.24. The minimum absolute atomic E-state index is 0.111. The van der Waals surface area contributed by atoms with Crippen molar-refractivity contribution in [3.05, 3.63) is 47.7 Å². The molecule has 0 N–H and O–H groups in total. The summed E-state index contributed by atoms with van der Waals surface area (Å²) in [5.74, 6) is -0.377. The number of rotatable bonds is 5. The van der Waals surface area contributed by atoms with Crippen LogP contribution in [0.4, 0.5) is 13.2 Å². The zero-order valence-electron chi connectivity index (χ0n) is 11.9. The molecule has 0 spiro atoms. The smallest absolute Gasteiger partial charge is 0.416 e. The fraction of sp³-hybridized carbons (Fsp3) is 0.438. The summed E-state index contributed by atoms with van der Waals surface area (Å²) < 4.78 is 47.6. The summed E-state index contributed by atoms with van der Waals surface area (Å²) >= 11 is 0. The Balaban J connectivity index is 1.72. The lowest BCUT2D eigenvalue weighted by Gasteiger charge is -2.18. The Hall–Kier alpha value is -1.98. The maximum absolute atomic E-state index is 12.4. The Morgan fingerprint density at radius 1 is 1.27 bits per heavy atom. The van der Waals surface area contributed by atoms with Gasteiger partial charge < -0.3 is 9.47 Å². The van der Waals surface area contributed by atoms with E-state index in [1.807, 2.05) is 6.08 Å². The Labute approximate surface area is 126 Å². The van der Waals surface area contributed by atoms with Gasteiger partial charge in [0, 0.05) is 6.42 Å².